The summed E-state index contributed by atoms with van der Waals surface area (Å²) in [5.41, 5.74) is 4.92. The van der Waals surface area contributed by atoms with Gasteiger partial charge in [0.2, 0.25) is 17.7 Å². The number of hydrogen-bond acceptors (Lipinski definition) is 9. The fourth-order valence-electron chi connectivity index (χ4n) is 10.2. The molecule has 5 aromatic rings. The molecule has 1 saturated heterocycles. The van der Waals surface area contributed by atoms with Gasteiger partial charge in [-0.2, -0.15) is 10.2 Å². The molecule has 0 bridgehead atoms. The number of rotatable bonds is 13. The summed E-state index contributed by atoms with van der Waals surface area (Å²) in [7, 11) is -3.20. The van der Waals surface area contributed by atoms with Crippen LogP contribution in [0.4, 0.5) is 17.1 Å². The molecular weight excluding hydrogens is 849 g/mol. The van der Waals surface area contributed by atoms with E-state index >= 15 is 4.79 Å². The lowest BCUT2D eigenvalue weighted by Gasteiger charge is -2.33. The Balaban J connectivity index is 1.11. The van der Waals surface area contributed by atoms with Crippen molar-refractivity contribution in [1.29, 1.82) is 0 Å². The Bertz CT molecular complexity index is 2710. The first kappa shape index (κ1) is 44.6. The average molecular weight is 903 g/mol. The van der Waals surface area contributed by atoms with Gasteiger partial charge in [0.1, 0.15) is 0 Å². The van der Waals surface area contributed by atoms with E-state index in [2.05, 4.69) is 0 Å². The summed E-state index contributed by atoms with van der Waals surface area (Å²) < 4.78 is 7.13. The van der Waals surface area contributed by atoms with E-state index < -0.39 is 31.5 Å². The summed E-state index contributed by atoms with van der Waals surface area (Å²) in [4.78, 5) is 72.3. The van der Waals surface area contributed by atoms with Crippen LogP contribution in [0.3, 0.4) is 0 Å². The summed E-state index contributed by atoms with van der Waals surface area (Å²) in [5, 5.41) is 22.5. The molecule has 4 aliphatic rings. The highest BCUT2D eigenvalue weighted by Gasteiger charge is 2.66. The minimum atomic E-state index is -3.20. The first-order valence-electron chi connectivity index (χ1n) is 22.7. The van der Waals surface area contributed by atoms with Crippen LogP contribution in [0.1, 0.15) is 66.8 Å². The Hall–Kier alpha value is -6.58. The molecule has 0 aromatic heterocycles. The van der Waals surface area contributed by atoms with E-state index in [1.165, 1.54) is 10.0 Å². The molecule has 0 radical (unpaired) electrons. The van der Waals surface area contributed by atoms with E-state index in [4.69, 9.17) is 14.9 Å². The number of anilines is 3. The summed E-state index contributed by atoms with van der Waals surface area (Å²) in [5.74, 6) is -1.58. The first-order chi connectivity index (χ1) is 31.8. The Morgan fingerprint density at radius 2 is 1.30 bits per heavy atom. The van der Waals surface area contributed by atoms with Crippen LogP contribution in [0.2, 0.25) is 18.6 Å². The number of carbonyl (C=O) groups excluding carboxylic acids is 4. The monoisotopic (exact) mass is 902 g/mol. The molecule has 5 aromatic carbocycles. The normalized spacial score (nSPS) is 21.9. The maximum absolute atomic E-state index is 15.6. The zero-order valence-corrected chi connectivity index (χ0v) is 38.4. The number of aliphatic hydroxyl groups is 1. The molecule has 0 aliphatic carbocycles. The molecule has 4 aliphatic heterocycles. The van der Waals surface area contributed by atoms with E-state index in [0.29, 0.717) is 41.9 Å². The number of hydrazone groups is 2. The van der Waals surface area contributed by atoms with Gasteiger partial charge in [0.05, 0.1) is 54.2 Å². The van der Waals surface area contributed by atoms with Crippen molar-refractivity contribution >= 4 is 60.4 Å². The van der Waals surface area contributed by atoms with Gasteiger partial charge >= 0.3 is 0 Å². The van der Waals surface area contributed by atoms with Gasteiger partial charge in [0, 0.05) is 55.8 Å². The third kappa shape index (κ3) is 8.52. The van der Waals surface area contributed by atoms with Crippen molar-refractivity contribution in [2.75, 3.05) is 28.1 Å². The Morgan fingerprint density at radius 3 is 1.88 bits per heavy atom. The second-order valence-corrected chi connectivity index (χ2v) is 22.1. The summed E-state index contributed by atoms with van der Waals surface area (Å²) in [6.07, 6.45) is 0.551. The van der Waals surface area contributed by atoms with E-state index in [0.717, 1.165) is 33.7 Å². The van der Waals surface area contributed by atoms with Crippen LogP contribution in [-0.2, 0) is 42.6 Å². The van der Waals surface area contributed by atoms with Crippen LogP contribution in [0, 0.1) is 5.92 Å². The lowest BCUT2D eigenvalue weighted by molar-refractivity contribution is -0.150. The second-order valence-electron chi connectivity index (χ2n) is 18.1. The smallest absolute Gasteiger partial charge is 0.264 e. The van der Waals surface area contributed by atoms with Crippen molar-refractivity contribution in [2.45, 2.75) is 82.5 Å². The van der Waals surface area contributed by atoms with Gasteiger partial charge in [-0.25, -0.2) is 10.0 Å². The van der Waals surface area contributed by atoms with E-state index in [1.54, 1.807) is 15.9 Å². The van der Waals surface area contributed by atoms with Crippen molar-refractivity contribution in [1.82, 2.24) is 4.90 Å². The van der Waals surface area contributed by atoms with E-state index in [1.807, 2.05) is 147 Å². The number of fused-ring (bicyclic) bond motifs is 2. The quantitative estimate of drug-likeness (QED) is 0.116. The first-order valence-corrected chi connectivity index (χ1v) is 25.7. The topological polar surface area (TPSA) is 156 Å². The van der Waals surface area contributed by atoms with Gasteiger partial charge < -0.3 is 24.4 Å². The lowest BCUT2D eigenvalue weighted by Crippen LogP contribution is -2.46. The van der Waals surface area contributed by atoms with Crippen molar-refractivity contribution < 1.29 is 33.8 Å². The molecule has 1 spiro atoms. The molecule has 4 amide bonds. The molecule has 13 nitrogen and oxygen atoms in total. The standard InChI is InChI=1S/C52H54N6O7Si/c1-35-50(66(2,3)64)46(32-49(62)55(28-29-59)33-36-14-7-4-8-15-36)65-52(35)42-31-41(58-48(61)27-24-44(54-58)39-19-11-6-12-20-39)22-25-45(42)56(51(52)63)34-37-16-13-21-40(30-37)57-47(60)26-23-43(53-57)38-17-9-5-10-18-38/h4-22,25,30-31,35,46,50,59,64H,23-24,26-29,32-34H2,1-3H3/t35-,46+,50-,52+/m1/s1. The largest absolute Gasteiger partial charge is 0.432 e. The van der Waals surface area contributed by atoms with E-state index in [-0.39, 0.29) is 62.7 Å². The van der Waals surface area contributed by atoms with Crippen molar-refractivity contribution in [3.63, 3.8) is 0 Å². The van der Waals surface area contributed by atoms with Gasteiger partial charge in [-0.1, -0.05) is 110 Å². The third-order valence-corrected chi connectivity index (χ3v) is 15.8. The van der Waals surface area contributed by atoms with Crippen LogP contribution >= 0.6 is 0 Å². The highest BCUT2D eigenvalue weighted by Crippen LogP contribution is 2.60. The summed E-state index contributed by atoms with van der Waals surface area (Å²) >= 11 is 0. The Morgan fingerprint density at radius 1 is 0.742 bits per heavy atom. The minimum Gasteiger partial charge on any atom is -0.432 e. The molecule has 14 heteroatoms. The molecule has 0 unspecified atom stereocenters. The zero-order valence-electron chi connectivity index (χ0n) is 37.4. The van der Waals surface area contributed by atoms with Gasteiger partial charge in [-0.3, -0.25) is 19.2 Å². The van der Waals surface area contributed by atoms with Crippen molar-refractivity contribution in [3.8, 4) is 0 Å². The molecular formula is C52H54N6O7Si. The number of nitrogens with zero attached hydrogens (tertiary/aromatic N) is 6. The predicted octanol–water partition coefficient (Wildman–Crippen LogP) is 7.50. The van der Waals surface area contributed by atoms with Gasteiger partial charge in [0.25, 0.3) is 5.91 Å². The fraction of sp³-hybridized carbons (Fsp3) is 0.308. The molecule has 338 valence electrons. The van der Waals surface area contributed by atoms with Crippen LogP contribution in [0.15, 0.2) is 144 Å². The SMILES string of the molecule is C[C@@H]1[C@@H]([Si](C)(C)O)[C@H](CC(=O)N(CCO)Cc2ccccc2)O[C@@]12C(=O)N(Cc1cccc(N3N=C(c4ccccc4)CCC3=O)c1)c1ccc(N3N=C(c4ccccc4)CCC3=O)cc12. The number of ether oxygens (including phenoxy) is 1. The highest BCUT2D eigenvalue weighted by atomic mass is 28.4. The van der Waals surface area contributed by atoms with Gasteiger partial charge in [0.15, 0.2) is 13.9 Å². The average Bonchev–Trinajstić information content (AvgIpc) is 3.75. The molecule has 9 rings (SSSR count). The molecule has 1 fully saturated rings. The molecule has 4 atom stereocenters. The fourth-order valence-corrected chi connectivity index (χ4v) is 12.8. The van der Waals surface area contributed by atoms with Crippen molar-refractivity contribution in [3.05, 3.63) is 161 Å². The Kier molecular flexibility index (Phi) is 12.4. The molecule has 0 saturated carbocycles. The van der Waals surface area contributed by atoms with Crippen LogP contribution < -0.4 is 14.9 Å². The molecule has 4 heterocycles. The highest BCUT2D eigenvalue weighted by molar-refractivity contribution is 6.71. The maximum atomic E-state index is 15.6. The summed E-state index contributed by atoms with van der Waals surface area (Å²) in [6.45, 7) is 5.76. The number of benzene rings is 5. The van der Waals surface area contributed by atoms with Crippen LogP contribution in [0.5, 0.6) is 0 Å². The van der Waals surface area contributed by atoms with Crippen LogP contribution in [0.25, 0.3) is 0 Å². The van der Waals surface area contributed by atoms with E-state index in [9.17, 15) is 24.3 Å². The van der Waals surface area contributed by atoms with Crippen LogP contribution in [-0.4, -0.2) is 77.4 Å². The predicted molar refractivity (Wildman–Crippen MR) is 256 cm³/mol. The number of aliphatic hydroxyl groups excluding tert-OH is 1. The molecule has 2 N–H and O–H groups in total. The summed E-state index contributed by atoms with van der Waals surface area (Å²) in [6, 6.07) is 41.9. The maximum Gasteiger partial charge on any atom is 0.264 e. The number of carbonyl (C=O) groups is 4. The Labute approximate surface area is 385 Å². The van der Waals surface area contributed by atoms with Gasteiger partial charge in [-0.15, -0.1) is 0 Å². The second kappa shape index (κ2) is 18.4. The molecule has 66 heavy (non-hydrogen) atoms. The third-order valence-electron chi connectivity index (χ3n) is 13.3. The minimum absolute atomic E-state index is 0.0982. The number of amides is 4. The number of hydrogen-bond donors (Lipinski definition) is 2. The lowest BCUT2D eigenvalue weighted by atomic mass is 9.82. The van der Waals surface area contributed by atoms with Crippen molar-refractivity contribution in [2.24, 2.45) is 16.1 Å². The zero-order chi connectivity index (χ0) is 46.2. The van der Waals surface area contributed by atoms with Gasteiger partial charge in [-0.05, 0) is 65.7 Å².